The van der Waals surface area contributed by atoms with Crippen LogP contribution in [-0.4, -0.2) is 303 Å². The lowest BCUT2D eigenvalue weighted by Crippen LogP contribution is -2.62. The Hall–Kier alpha value is -12.2. The molecule has 48 nitrogen and oxygen atoms in total. The average molecular weight is 1970 g/mol. The third-order valence-corrected chi connectivity index (χ3v) is 23.1. The van der Waals surface area contributed by atoms with E-state index in [4.69, 9.17) is 28.7 Å². The number of aliphatic carboxylic acids is 2. The van der Waals surface area contributed by atoms with Crippen molar-refractivity contribution in [2.75, 3.05) is 44.9 Å². The second-order valence-corrected chi connectivity index (χ2v) is 37.2. The number of nitrogens with zero attached hydrogens (tertiary/aromatic N) is 1. The van der Waals surface area contributed by atoms with Crippen molar-refractivity contribution in [3.63, 3.8) is 0 Å². The van der Waals surface area contributed by atoms with Gasteiger partial charge in [-0.3, -0.25) is 105 Å². The molecule has 1 fully saturated rings. The first-order valence-electron chi connectivity index (χ1n) is 46.4. The lowest BCUT2D eigenvalue weighted by molar-refractivity contribution is -0.142. The molecule has 0 radical (unpaired) electrons. The van der Waals surface area contributed by atoms with E-state index in [1.54, 1.807) is 113 Å². The van der Waals surface area contributed by atoms with E-state index in [2.05, 4.69) is 85.1 Å². The van der Waals surface area contributed by atoms with Crippen LogP contribution in [0.1, 0.15) is 205 Å². The summed E-state index contributed by atoms with van der Waals surface area (Å²) >= 11 is 1.32. The molecule has 1 aromatic carbocycles. The zero-order chi connectivity index (χ0) is 105. The first-order chi connectivity index (χ1) is 64.8. The lowest BCUT2D eigenvalue weighted by Gasteiger charge is -2.31. The van der Waals surface area contributed by atoms with Crippen molar-refractivity contribution in [1.82, 2.24) is 90.0 Å². The number of carbonyl (C=O) groups excluding carboxylic acids is 20. The number of aliphatic hydroxyl groups excluding tert-OH is 2. The SMILES string of the molecule is CCC(C)C(NC(=O)C(CCSC)NC(=O)C(Cc1ccccc1)NC(=O)C(CCCCN)NC(=O)C1CCCN1C(=O)C(CC(C)C)NC(=O)CNC(=O)C(CC(C)C)NC(=O)C(CC(C)C)NC(=O)C(CO)NC(=O)C(CC(N)=O)NC(=O)C(NC(=O)C(CC(C)C)NC(=O)C(CCC(=O)O)NC(=O)C(CO)NC(=O)C(N)CC(N)=O)C(C)CC)C(=O)NC(CC(=O)O)C(=O)NC(C)C(N)=O. The summed E-state index contributed by atoms with van der Waals surface area (Å²) in [6, 6.07) is -17.5. The van der Waals surface area contributed by atoms with Crippen LogP contribution in [-0.2, 0) is 112 Å². The molecule has 1 aliphatic rings. The number of nitrogens with one attached hydrogen (secondary N) is 16. The maximum Gasteiger partial charge on any atom is 0.305 e. The molecule has 1 heterocycles. The molecule has 776 valence electrons. The van der Waals surface area contributed by atoms with E-state index in [1.165, 1.54) is 30.5 Å². The zero-order valence-corrected chi connectivity index (χ0v) is 82.0. The van der Waals surface area contributed by atoms with Crippen LogP contribution in [0.2, 0.25) is 0 Å². The lowest BCUT2D eigenvalue weighted by atomic mass is 9.96. The maximum absolute atomic E-state index is 14.8. The normalized spacial score (nSPS) is 16.3. The number of carboxylic acids is 2. The van der Waals surface area contributed by atoms with Crippen molar-refractivity contribution in [2.45, 2.75) is 308 Å². The number of likely N-dealkylation sites (tertiary alicyclic amines) is 1. The van der Waals surface area contributed by atoms with Gasteiger partial charge >= 0.3 is 11.9 Å². The van der Waals surface area contributed by atoms with Gasteiger partial charge in [-0.25, -0.2) is 0 Å². The first kappa shape index (κ1) is 122. The van der Waals surface area contributed by atoms with Crippen LogP contribution >= 0.6 is 11.8 Å². The highest BCUT2D eigenvalue weighted by Crippen LogP contribution is 2.23. The Morgan fingerprint density at radius 1 is 0.420 bits per heavy atom. The second kappa shape index (κ2) is 62.6. The molecule has 0 aliphatic carbocycles. The predicted molar refractivity (Wildman–Crippen MR) is 503 cm³/mol. The van der Waals surface area contributed by atoms with E-state index < -0.39 is 296 Å². The van der Waals surface area contributed by atoms with Gasteiger partial charge in [0.1, 0.15) is 96.7 Å². The number of hydrogen-bond donors (Lipinski definition) is 25. The maximum atomic E-state index is 14.8. The molecule has 0 aromatic heterocycles. The highest BCUT2D eigenvalue weighted by molar-refractivity contribution is 7.98. The first-order valence-corrected chi connectivity index (χ1v) is 47.8. The van der Waals surface area contributed by atoms with Crippen LogP contribution < -0.4 is 114 Å². The molecule has 1 aliphatic heterocycles. The minimum atomic E-state index is -1.93. The number of unbranched alkanes of at least 4 members (excludes halogenated alkanes) is 1. The number of nitrogens with two attached hydrogens (primary N) is 5. The van der Waals surface area contributed by atoms with Gasteiger partial charge in [-0.05, 0) is 137 Å². The minimum absolute atomic E-state index is 0.0141. The van der Waals surface area contributed by atoms with Crippen LogP contribution in [0.25, 0.3) is 0 Å². The number of rotatable bonds is 66. The molecule has 1 aromatic rings. The van der Waals surface area contributed by atoms with Crippen LogP contribution in [0, 0.1) is 35.5 Å². The summed E-state index contributed by atoms with van der Waals surface area (Å²) in [7, 11) is 0. The zero-order valence-electron chi connectivity index (χ0n) is 81.1. The average Bonchev–Trinajstić information content (AvgIpc) is 1.69. The number of primary amides is 3. The van der Waals surface area contributed by atoms with E-state index in [1.807, 2.05) is 0 Å². The molecule has 138 heavy (non-hydrogen) atoms. The van der Waals surface area contributed by atoms with Crippen molar-refractivity contribution in [3.05, 3.63) is 35.9 Å². The third kappa shape index (κ3) is 44.5. The van der Waals surface area contributed by atoms with Crippen molar-refractivity contribution in [2.24, 2.45) is 64.2 Å². The predicted octanol–water partition coefficient (Wildman–Crippen LogP) is -6.33. The second-order valence-electron chi connectivity index (χ2n) is 36.2. The summed E-state index contributed by atoms with van der Waals surface area (Å²) in [5.74, 6) is -25.2. The summed E-state index contributed by atoms with van der Waals surface area (Å²) < 4.78 is 0. The number of amides is 20. The van der Waals surface area contributed by atoms with Gasteiger partial charge in [-0.2, -0.15) is 11.8 Å². The molecule has 0 saturated carbocycles. The monoisotopic (exact) mass is 1970 g/mol. The minimum Gasteiger partial charge on any atom is -0.481 e. The Morgan fingerprint density at radius 2 is 0.812 bits per heavy atom. The summed E-state index contributed by atoms with van der Waals surface area (Å²) in [6.45, 7) is 18.6. The fraction of sp³-hybridized carbons (Fsp3) is 0.685. The van der Waals surface area contributed by atoms with Gasteiger partial charge in [0, 0.05) is 19.4 Å². The highest BCUT2D eigenvalue weighted by Gasteiger charge is 2.43. The third-order valence-electron chi connectivity index (χ3n) is 22.5. The Labute approximate surface area is 807 Å². The molecular formula is C89H148N22O26S. The standard InChI is InChI=1S/C89H148N22O26S/c1-15-48(11)71(88(136)106-61(40-70(119)120)79(127)96-50(13)73(94)121)109-78(126)55(29-32-138-14)99-81(129)59(37-51-23-18-17-19-24-51)104-76(124)53(25-20-21-30-90)100-86(134)65-26-22-31-111(65)89(137)62(36-47(9)10)97-68(116)41-95-75(123)56(33-44(3)4)101-80(128)57(34-45(5)6)103-85(133)64(43-113)108-82(130)60(39-67(93)115)105-87(135)72(49(12)16-2)110-83(131)58(35-46(7)8)102-77(125)54(27-28-69(117)118)98-84(132)63(42-112)107-74(122)52(91)38-66(92)114/h17-19,23-24,44-50,52-65,71-72,112-113H,15-16,20-22,25-43,90-91H2,1-14H3,(H2,92,114)(H2,93,115)(H2,94,121)(H,95,123)(H,96,127)(H,97,116)(H,98,132)(H,99,129)(H,100,134)(H,101,128)(H,102,125)(H,103,133)(H,104,124)(H,105,135)(H,106,136)(H,107,122)(H,108,130)(H,109,126)(H,110,131)(H,117,118)(H,119,120). The molecule has 30 N–H and O–H groups in total. The van der Waals surface area contributed by atoms with Gasteiger partial charge in [0.05, 0.1) is 45.1 Å². The van der Waals surface area contributed by atoms with Gasteiger partial charge in [-0.1, -0.05) is 126 Å². The highest BCUT2D eigenvalue weighted by atomic mass is 32.2. The van der Waals surface area contributed by atoms with Gasteiger partial charge in [0.15, 0.2) is 0 Å². The van der Waals surface area contributed by atoms with Crippen molar-refractivity contribution in [1.29, 1.82) is 0 Å². The smallest absolute Gasteiger partial charge is 0.305 e. The van der Waals surface area contributed by atoms with Gasteiger partial charge in [0.2, 0.25) is 118 Å². The number of hydrogen-bond acceptors (Lipinski definition) is 27. The number of thioether (sulfide) groups is 1. The molecule has 19 unspecified atom stereocenters. The summed E-state index contributed by atoms with van der Waals surface area (Å²) in [6.07, 6.45) is -1.06. The summed E-state index contributed by atoms with van der Waals surface area (Å²) in [5.41, 5.74) is 28.1. The molecule has 19 atom stereocenters. The van der Waals surface area contributed by atoms with Crippen LogP contribution in [0.3, 0.4) is 0 Å². The molecule has 1 saturated heterocycles. The van der Waals surface area contributed by atoms with Crippen molar-refractivity contribution in [3.8, 4) is 0 Å². The van der Waals surface area contributed by atoms with Gasteiger partial charge in [0.25, 0.3) is 0 Å². The largest absolute Gasteiger partial charge is 0.481 e. The fourth-order valence-electron chi connectivity index (χ4n) is 14.5. The summed E-state index contributed by atoms with van der Waals surface area (Å²) in [4.78, 5) is 301. The fourth-order valence-corrected chi connectivity index (χ4v) is 14.9. The van der Waals surface area contributed by atoms with Crippen LogP contribution in [0.5, 0.6) is 0 Å². The Morgan fingerprint density at radius 3 is 1.26 bits per heavy atom. The molecule has 0 spiro atoms. The quantitative estimate of drug-likeness (QED) is 0.0270. The Bertz CT molecular complexity index is 4300. The number of aliphatic hydroxyl groups is 2. The number of carboxylic acid groups (broad SMARTS) is 2. The Kier molecular flexibility index (Phi) is 55.2. The molecular weight excluding hydrogens is 1830 g/mol. The Balaban J connectivity index is 2.44. The van der Waals surface area contributed by atoms with Gasteiger partial charge < -0.3 is 139 Å². The van der Waals surface area contributed by atoms with Gasteiger partial charge in [-0.15, -0.1) is 0 Å². The van der Waals surface area contributed by atoms with Crippen LogP contribution in [0.4, 0.5) is 0 Å². The molecule has 20 amide bonds. The number of benzene rings is 1. The molecule has 0 bridgehead atoms. The van der Waals surface area contributed by atoms with E-state index in [0.29, 0.717) is 18.4 Å². The molecule has 49 heteroatoms. The van der Waals surface area contributed by atoms with E-state index in [9.17, 15) is 126 Å². The van der Waals surface area contributed by atoms with E-state index >= 15 is 0 Å². The van der Waals surface area contributed by atoms with Crippen LogP contribution in [0.15, 0.2) is 30.3 Å². The van der Waals surface area contributed by atoms with Crippen molar-refractivity contribution >= 4 is 142 Å². The topological polar surface area (TPSA) is 782 Å². The van der Waals surface area contributed by atoms with E-state index in [-0.39, 0.29) is 113 Å². The molecule has 2 rings (SSSR count). The van der Waals surface area contributed by atoms with E-state index in [0.717, 1.165) is 0 Å². The number of carbonyl (C=O) groups is 22. The van der Waals surface area contributed by atoms with Crippen molar-refractivity contribution < 1.29 is 126 Å². The summed E-state index contributed by atoms with van der Waals surface area (Å²) in [5, 5.41) is 79.5.